The van der Waals surface area contributed by atoms with Crippen LogP contribution in [-0.4, -0.2) is 32.7 Å². The minimum absolute atomic E-state index is 0.0418. The van der Waals surface area contributed by atoms with Crippen LogP contribution in [0.2, 0.25) is 0 Å². The minimum Gasteiger partial charge on any atom is -0.481 e. The lowest BCUT2D eigenvalue weighted by Gasteiger charge is -2.13. The Hall–Kier alpha value is -1.18. The van der Waals surface area contributed by atoms with E-state index in [2.05, 4.69) is 0 Å². The van der Waals surface area contributed by atoms with Crippen LogP contribution in [0.1, 0.15) is 23.3 Å². The highest BCUT2D eigenvalue weighted by atomic mass is 32.2. The predicted molar refractivity (Wildman–Crippen MR) is 85.8 cm³/mol. The maximum absolute atomic E-state index is 12.2. The summed E-state index contributed by atoms with van der Waals surface area (Å²) in [5, 5.41) is 10.6. The van der Waals surface area contributed by atoms with Crippen molar-refractivity contribution in [1.29, 1.82) is 0 Å². The van der Waals surface area contributed by atoms with Gasteiger partial charge in [-0.3, -0.25) is 14.5 Å². The molecule has 0 unspecified atom stereocenters. The van der Waals surface area contributed by atoms with Crippen molar-refractivity contribution in [2.24, 2.45) is 0 Å². The van der Waals surface area contributed by atoms with E-state index in [1.54, 1.807) is 11.3 Å². The van der Waals surface area contributed by atoms with E-state index in [4.69, 9.17) is 17.3 Å². The Morgan fingerprint density at radius 2 is 2.30 bits per heavy atom. The Balaban J connectivity index is 2.07. The quantitative estimate of drug-likeness (QED) is 0.665. The van der Waals surface area contributed by atoms with Gasteiger partial charge < -0.3 is 5.11 Å². The number of amides is 1. The van der Waals surface area contributed by atoms with Gasteiger partial charge in [0.15, 0.2) is 0 Å². The van der Waals surface area contributed by atoms with Crippen LogP contribution in [0.25, 0.3) is 6.08 Å². The molecule has 1 aliphatic rings. The number of rotatable bonds is 5. The maximum atomic E-state index is 12.2. The van der Waals surface area contributed by atoms with Crippen LogP contribution in [0.4, 0.5) is 0 Å². The summed E-state index contributed by atoms with van der Waals surface area (Å²) in [5.74, 6) is -0.988. The molecule has 1 aromatic rings. The van der Waals surface area contributed by atoms with Crippen molar-refractivity contribution >= 4 is 57.6 Å². The molecule has 0 spiro atoms. The lowest BCUT2D eigenvalue weighted by molar-refractivity contribution is -0.137. The molecule has 4 nitrogen and oxygen atoms in total. The number of nitrogens with zero attached hydrogens (tertiary/aromatic N) is 1. The van der Waals surface area contributed by atoms with Crippen LogP contribution in [0.5, 0.6) is 0 Å². The Morgan fingerprint density at radius 1 is 1.55 bits per heavy atom. The van der Waals surface area contributed by atoms with Crippen molar-refractivity contribution < 1.29 is 14.7 Å². The summed E-state index contributed by atoms with van der Waals surface area (Å²) in [6, 6.07) is 2.00. The van der Waals surface area contributed by atoms with Crippen LogP contribution >= 0.6 is 35.3 Å². The third kappa shape index (κ3) is 3.47. The Kier molecular flexibility index (Phi) is 4.95. The van der Waals surface area contributed by atoms with Gasteiger partial charge in [0, 0.05) is 17.8 Å². The fourth-order valence-corrected chi connectivity index (χ4v) is 3.96. The van der Waals surface area contributed by atoms with Crippen LogP contribution in [0.15, 0.2) is 16.4 Å². The van der Waals surface area contributed by atoms with Crippen LogP contribution in [0, 0.1) is 6.92 Å². The van der Waals surface area contributed by atoms with Gasteiger partial charge in [0.05, 0.1) is 4.91 Å². The first-order valence-corrected chi connectivity index (χ1v) is 8.10. The van der Waals surface area contributed by atoms with E-state index < -0.39 is 5.97 Å². The third-order valence-corrected chi connectivity index (χ3v) is 5.15. The monoisotopic (exact) mass is 327 g/mol. The molecule has 1 aromatic heterocycles. The van der Waals surface area contributed by atoms with E-state index in [1.807, 2.05) is 24.4 Å². The molecule has 2 heterocycles. The molecule has 7 heteroatoms. The minimum atomic E-state index is -0.861. The smallest absolute Gasteiger partial charge is 0.303 e. The zero-order valence-electron chi connectivity index (χ0n) is 10.8. The summed E-state index contributed by atoms with van der Waals surface area (Å²) < 4.78 is 0.501. The molecule has 1 aliphatic heterocycles. The molecular weight excluding hydrogens is 314 g/mol. The number of carboxylic acid groups (broad SMARTS) is 1. The van der Waals surface area contributed by atoms with E-state index in [0.717, 1.165) is 10.4 Å². The summed E-state index contributed by atoms with van der Waals surface area (Å²) in [5.41, 5.74) is 1.13. The largest absolute Gasteiger partial charge is 0.481 e. The summed E-state index contributed by atoms with van der Waals surface area (Å²) in [4.78, 5) is 25.9. The number of hydrogen-bond donors (Lipinski definition) is 1. The molecule has 1 saturated heterocycles. The van der Waals surface area contributed by atoms with E-state index in [1.165, 1.54) is 16.7 Å². The highest BCUT2D eigenvalue weighted by Crippen LogP contribution is 2.34. The molecule has 0 atom stereocenters. The van der Waals surface area contributed by atoms with E-state index >= 15 is 0 Å². The van der Waals surface area contributed by atoms with E-state index in [9.17, 15) is 9.59 Å². The van der Waals surface area contributed by atoms with Gasteiger partial charge in [-0.05, 0) is 36.4 Å². The van der Waals surface area contributed by atoms with Gasteiger partial charge in [-0.15, -0.1) is 11.3 Å². The standard InChI is InChI=1S/C13H13NO3S3/c1-8-4-6-19-9(8)7-10-12(17)14(13(18)20-10)5-2-3-11(15)16/h4,6-7H,2-3,5H2,1H3,(H,15,16). The lowest BCUT2D eigenvalue weighted by Crippen LogP contribution is -2.29. The molecule has 1 amide bonds. The van der Waals surface area contributed by atoms with E-state index in [0.29, 0.717) is 22.2 Å². The number of thiophene rings is 1. The second kappa shape index (κ2) is 6.51. The fourth-order valence-electron chi connectivity index (χ4n) is 1.73. The average molecular weight is 327 g/mol. The zero-order valence-corrected chi connectivity index (χ0v) is 13.2. The molecular formula is C13H13NO3S3. The maximum Gasteiger partial charge on any atom is 0.303 e. The molecule has 20 heavy (non-hydrogen) atoms. The van der Waals surface area contributed by atoms with Crippen molar-refractivity contribution in [3.63, 3.8) is 0 Å². The van der Waals surface area contributed by atoms with Gasteiger partial charge in [0.25, 0.3) is 5.91 Å². The molecule has 0 aliphatic carbocycles. The van der Waals surface area contributed by atoms with Crippen molar-refractivity contribution in [3.05, 3.63) is 26.8 Å². The topological polar surface area (TPSA) is 57.6 Å². The van der Waals surface area contributed by atoms with Gasteiger partial charge in [-0.25, -0.2) is 0 Å². The van der Waals surface area contributed by atoms with Gasteiger partial charge >= 0.3 is 5.97 Å². The first kappa shape index (κ1) is 15.2. The van der Waals surface area contributed by atoms with Gasteiger partial charge in [-0.1, -0.05) is 24.0 Å². The second-order valence-corrected chi connectivity index (χ2v) is 6.92. The summed E-state index contributed by atoms with van der Waals surface area (Å²) in [7, 11) is 0. The van der Waals surface area contributed by atoms with Gasteiger partial charge in [0.2, 0.25) is 0 Å². The van der Waals surface area contributed by atoms with Crippen molar-refractivity contribution in [2.45, 2.75) is 19.8 Å². The number of carbonyl (C=O) groups is 2. The average Bonchev–Trinajstić information content (AvgIpc) is 2.88. The van der Waals surface area contributed by atoms with Gasteiger partial charge in [0.1, 0.15) is 4.32 Å². The Bertz CT molecular complexity index is 591. The first-order chi connectivity index (χ1) is 9.49. The third-order valence-electron chi connectivity index (χ3n) is 2.81. The highest BCUT2D eigenvalue weighted by molar-refractivity contribution is 8.26. The van der Waals surface area contributed by atoms with Crippen molar-refractivity contribution in [3.8, 4) is 0 Å². The number of aliphatic carboxylic acids is 1. The first-order valence-electron chi connectivity index (χ1n) is 6.00. The second-order valence-electron chi connectivity index (χ2n) is 4.30. The highest BCUT2D eigenvalue weighted by Gasteiger charge is 2.31. The molecule has 2 rings (SSSR count). The Labute approximate surface area is 130 Å². The predicted octanol–water partition coefficient (Wildman–Crippen LogP) is 3.12. The van der Waals surface area contributed by atoms with E-state index in [-0.39, 0.29) is 12.3 Å². The van der Waals surface area contributed by atoms with Crippen LogP contribution in [-0.2, 0) is 9.59 Å². The fraction of sp³-hybridized carbons (Fsp3) is 0.308. The molecule has 0 saturated carbocycles. The number of aryl methyl sites for hydroxylation is 1. The number of carbonyl (C=O) groups excluding carboxylic acids is 1. The molecule has 0 radical (unpaired) electrons. The van der Waals surface area contributed by atoms with Crippen LogP contribution in [0.3, 0.4) is 0 Å². The molecule has 0 aromatic carbocycles. The number of thiocarbonyl (C=S) groups is 1. The Morgan fingerprint density at radius 3 is 2.90 bits per heavy atom. The summed E-state index contributed by atoms with van der Waals surface area (Å²) in [6.07, 6.45) is 2.31. The van der Waals surface area contributed by atoms with Crippen molar-refractivity contribution in [1.82, 2.24) is 4.90 Å². The van der Waals surface area contributed by atoms with Crippen LogP contribution < -0.4 is 0 Å². The summed E-state index contributed by atoms with van der Waals surface area (Å²) >= 11 is 8.04. The van der Waals surface area contributed by atoms with Crippen molar-refractivity contribution in [2.75, 3.05) is 6.54 Å². The SMILES string of the molecule is Cc1ccsc1C=C1SC(=S)N(CCCC(=O)O)C1=O. The zero-order chi connectivity index (χ0) is 14.7. The van der Waals surface area contributed by atoms with Gasteiger partial charge in [-0.2, -0.15) is 0 Å². The molecule has 1 N–H and O–H groups in total. The molecule has 106 valence electrons. The number of thioether (sulfide) groups is 1. The number of hydrogen-bond acceptors (Lipinski definition) is 5. The normalized spacial score (nSPS) is 17.2. The number of carboxylic acids is 1. The summed E-state index contributed by atoms with van der Waals surface area (Å²) in [6.45, 7) is 2.35. The molecule has 0 bridgehead atoms. The lowest BCUT2D eigenvalue weighted by atomic mass is 10.2. The molecule has 1 fully saturated rings.